The number of halogens is 3. The normalized spacial score (nSPS) is 13.5. The number of anilines is 1. The van der Waals surface area contributed by atoms with E-state index in [1.54, 1.807) is 12.1 Å². The molecule has 0 fully saturated rings. The van der Waals surface area contributed by atoms with Gasteiger partial charge in [-0.2, -0.15) is 0 Å². The lowest BCUT2D eigenvalue weighted by Crippen LogP contribution is -2.28. The quantitative estimate of drug-likeness (QED) is 0.806. The van der Waals surface area contributed by atoms with Crippen LogP contribution < -0.4 is 4.72 Å². The van der Waals surface area contributed by atoms with Gasteiger partial charge in [-0.3, -0.25) is 4.72 Å². The number of hydrogen-bond acceptors (Lipinski definition) is 3. The summed E-state index contributed by atoms with van der Waals surface area (Å²) >= 11 is 12.2. The summed E-state index contributed by atoms with van der Waals surface area (Å²) < 4.78 is 27.0. The smallest absolute Gasteiger partial charge is 0.237 e. The average Bonchev–Trinajstić information content (AvgIpc) is 2.22. The predicted octanol–water partition coefficient (Wildman–Crippen LogP) is 2.99. The van der Waals surface area contributed by atoms with E-state index in [0.717, 1.165) is 0 Å². The van der Waals surface area contributed by atoms with Crippen molar-refractivity contribution in [3.05, 3.63) is 26.1 Å². The van der Waals surface area contributed by atoms with Crippen LogP contribution in [0.1, 0.15) is 6.92 Å². The lowest BCUT2D eigenvalue weighted by Gasteiger charge is -2.15. The van der Waals surface area contributed by atoms with Crippen LogP contribution in [0.15, 0.2) is 21.1 Å². The monoisotopic (exact) mass is 405 g/mol. The minimum Gasteiger partial charge on any atom is -0.395 e. The van der Waals surface area contributed by atoms with E-state index in [2.05, 4.69) is 36.6 Å². The van der Waals surface area contributed by atoms with Crippen molar-refractivity contribution in [3.63, 3.8) is 0 Å². The molecule has 8 heteroatoms. The Morgan fingerprint density at radius 2 is 1.88 bits per heavy atom. The molecule has 0 aliphatic carbocycles. The lowest BCUT2D eigenvalue weighted by atomic mass is 10.3. The molecule has 0 bridgehead atoms. The molecular weight excluding hydrogens is 397 g/mol. The molecule has 0 aliphatic rings. The van der Waals surface area contributed by atoms with Gasteiger partial charge in [0.2, 0.25) is 10.0 Å². The minimum absolute atomic E-state index is 0.356. The Bertz CT molecular complexity index is 498. The van der Waals surface area contributed by atoms with Gasteiger partial charge in [0.15, 0.2) is 0 Å². The number of hydrogen-bond donors (Lipinski definition) is 2. The zero-order chi connectivity index (χ0) is 13.2. The van der Waals surface area contributed by atoms with E-state index in [1.165, 1.54) is 6.92 Å². The van der Waals surface area contributed by atoms with Crippen molar-refractivity contribution < 1.29 is 13.5 Å². The number of benzene rings is 1. The van der Waals surface area contributed by atoms with Crippen molar-refractivity contribution in [3.8, 4) is 0 Å². The highest BCUT2D eigenvalue weighted by Crippen LogP contribution is 2.35. The summed E-state index contributed by atoms with van der Waals surface area (Å²) in [6.45, 7) is 0.970. The lowest BCUT2D eigenvalue weighted by molar-refractivity contribution is 0.296. The summed E-state index contributed by atoms with van der Waals surface area (Å²) in [5.41, 5.74) is 0.356. The number of aliphatic hydroxyl groups is 1. The molecule has 0 aromatic heterocycles. The van der Waals surface area contributed by atoms with Gasteiger partial charge in [-0.25, -0.2) is 8.42 Å². The molecule has 0 saturated carbocycles. The molecule has 1 atom stereocenters. The maximum atomic E-state index is 11.8. The van der Waals surface area contributed by atoms with E-state index < -0.39 is 21.9 Å². The molecular formula is C9H10Br2ClNO3S. The Hall–Kier alpha value is 0.180. The summed E-state index contributed by atoms with van der Waals surface area (Å²) in [5.74, 6) is 0. The summed E-state index contributed by atoms with van der Waals surface area (Å²) in [7, 11) is -3.62. The molecule has 0 heterocycles. The van der Waals surface area contributed by atoms with Gasteiger partial charge in [0, 0.05) is 14.0 Å². The molecule has 1 unspecified atom stereocenters. The van der Waals surface area contributed by atoms with Crippen LogP contribution in [0.2, 0.25) is 5.02 Å². The first-order valence-corrected chi connectivity index (χ1v) is 8.06. The second-order valence-corrected chi connectivity index (χ2v) is 7.63. The molecule has 96 valence electrons. The van der Waals surface area contributed by atoms with Gasteiger partial charge in [-0.1, -0.05) is 11.6 Å². The second-order valence-electron chi connectivity index (χ2n) is 3.38. The molecule has 1 aromatic rings. The van der Waals surface area contributed by atoms with Gasteiger partial charge >= 0.3 is 0 Å². The first-order chi connectivity index (χ1) is 7.77. The van der Waals surface area contributed by atoms with E-state index >= 15 is 0 Å². The van der Waals surface area contributed by atoms with Crippen LogP contribution in [0.25, 0.3) is 0 Å². The Balaban J connectivity index is 3.13. The standard InChI is InChI=1S/C9H10Br2ClNO3S/c1-5(4-14)17(15,16)13-9-7(10)2-6(12)3-8(9)11/h2-3,5,13-14H,4H2,1H3. The number of aliphatic hydroxyl groups excluding tert-OH is 1. The first kappa shape index (κ1) is 15.2. The zero-order valence-electron chi connectivity index (χ0n) is 8.75. The van der Waals surface area contributed by atoms with Gasteiger partial charge in [-0.15, -0.1) is 0 Å². The molecule has 1 rings (SSSR count). The minimum atomic E-state index is -3.62. The molecule has 0 amide bonds. The fraction of sp³-hybridized carbons (Fsp3) is 0.333. The van der Waals surface area contributed by atoms with Crippen LogP contribution in [-0.2, 0) is 10.0 Å². The third kappa shape index (κ3) is 3.82. The largest absolute Gasteiger partial charge is 0.395 e. The van der Waals surface area contributed by atoms with Crippen LogP contribution in [0.4, 0.5) is 5.69 Å². The maximum absolute atomic E-state index is 11.8. The van der Waals surface area contributed by atoms with Gasteiger partial charge < -0.3 is 5.11 Å². The Morgan fingerprint density at radius 3 is 2.29 bits per heavy atom. The van der Waals surface area contributed by atoms with Crippen molar-refractivity contribution in [2.75, 3.05) is 11.3 Å². The van der Waals surface area contributed by atoms with Gasteiger partial charge in [0.1, 0.15) is 5.25 Å². The SMILES string of the molecule is CC(CO)S(=O)(=O)Nc1c(Br)cc(Cl)cc1Br. The van der Waals surface area contributed by atoms with E-state index in [9.17, 15) is 8.42 Å². The molecule has 1 aromatic carbocycles. The number of nitrogens with one attached hydrogen (secondary N) is 1. The highest BCUT2D eigenvalue weighted by molar-refractivity contribution is 9.11. The summed E-state index contributed by atoms with van der Waals surface area (Å²) in [6.07, 6.45) is 0. The van der Waals surface area contributed by atoms with Crippen molar-refractivity contribution >= 4 is 59.2 Å². The highest BCUT2D eigenvalue weighted by Gasteiger charge is 2.22. The van der Waals surface area contributed by atoms with Crippen molar-refractivity contribution in [1.29, 1.82) is 0 Å². The van der Waals surface area contributed by atoms with Crippen LogP contribution in [0.3, 0.4) is 0 Å². The van der Waals surface area contributed by atoms with Crippen molar-refractivity contribution in [2.24, 2.45) is 0 Å². The predicted molar refractivity (Wildman–Crippen MR) is 75.9 cm³/mol. The molecule has 17 heavy (non-hydrogen) atoms. The van der Waals surface area contributed by atoms with E-state index in [4.69, 9.17) is 16.7 Å². The fourth-order valence-corrected chi connectivity index (χ4v) is 4.01. The van der Waals surface area contributed by atoms with E-state index in [1.807, 2.05) is 0 Å². The molecule has 0 saturated heterocycles. The summed E-state index contributed by atoms with van der Waals surface area (Å²) in [6, 6.07) is 3.15. The van der Waals surface area contributed by atoms with E-state index in [0.29, 0.717) is 19.7 Å². The summed E-state index contributed by atoms with van der Waals surface area (Å²) in [4.78, 5) is 0. The van der Waals surface area contributed by atoms with Crippen LogP contribution >= 0.6 is 43.5 Å². The molecule has 2 N–H and O–H groups in total. The summed E-state index contributed by atoms with van der Waals surface area (Å²) in [5, 5.41) is 8.45. The maximum Gasteiger partial charge on any atom is 0.237 e. The van der Waals surface area contributed by atoms with Crippen molar-refractivity contribution in [1.82, 2.24) is 0 Å². The Kier molecular flexibility index (Phi) is 5.27. The molecule has 4 nitrogen and oxygen atoms in total. The third-order valence-corrected chi connectivity index (χ3v) is 5.20. The van der Waals surface area contributed by atoms with E-state index in [-0.39, 0.29) is 0 Å². The average molecular weight is 408 g/mol. The van der Waals surface area contributed by atoms with Crippen molar-refractivity contribution in [2.45, 2.75) is 12.2 Å². The number of sulfonamides is 1. The van der Waals surface area contributed by atoms with Crippen LogP contribution in [0, 0.1) is 0 Å². The van der Waals surface area contributed by atoms with Gasteiger partial charge in [0.05, 0.1) is 12.3 Å². The van der Waals surface area contributed by atoms with Crippen LogP contribution in [-0.4, -0.2) is 25.4 Å². The van der Waals surface area contributed by atoms with Crippen LogP contribution in [0.5, 0.6) is 0 Å². The fourth-order valence-electron chi connectivity index (χ4n) is 0.981. The Labute approximate surface area is 122 Å². The second kappa shape index (κ2) is 5.88. The molecule has 0 spiro atoms. The van der Waals surface area contributed by atoms with Gasteiger partial charge in [0.25, 0.3) is 0 Å². The first-order valence-electron chi connectivity index (χ1n) is 4.55. The molecule has 0 aliphatic heterocycles. The Morgan fingerprint density at radius 1 is 1.41 bits per heavy atom. The zero-order valence-corrected chi connectivity index (χ0v) is 13.5. The highest BCUT2D eigenvalue weighted by atomic mass is 79.9. The van der Waals surface area contributed by atoms with Gasteiger partial charge in [-0.05, 0) is 50.9 Å². The third-order valence-electron chi connectivity index (χ3n) is 2.04. The topological polar surface area (TPSA) is 66.4 Å². The molecule has 0 radical (unpaired) electrons. The number of rotatable bonds is 4.